The van der Waals surface area contributed by atoms with Crippen molar-refractivity contribution >= 4 is 11.6 Å². The highest BCUT2D eigenvalue weighted by molar-refractivity contribution is 5.76. The van der Waals surface area contributed by atoms with Crippen LogP contribution in [0.25, 0.3) is 0 Å². The van der Waals surface area contributed by atoms with Crippen LogP contribution in [-0.2, 0) is 4.79 Å². The molecule has 0 saturated heterocycles. The number of nitrogens with one attached hydrogen (secondary N) is 1. The smallest absolute Gasteiger partial charge is 0.223 e. The van der Waals surface area contributed by atoms with Crippen LogP contribution in [0.4, 0.5) is 5.69 Å². The molecule has 1 N–H and O–H groups in total. The molecule has 1 amide bonds. The summed E-state index contributed by atoms with van der Waals surface area (Å²) in [6, 6.07) is 17.5. The molecule has 0 aliphatic rings. The van der Waals surface area contributed by atoms with Crippen molar-refractivity contribution in [2.75, 3.05) is 38.8 Å². The number of likely N-dealkylation sites (N-methyl/N-ethyl adjacent to an activating group) is 1. The van der Waals surface area contributed by atoms with E-state index in [0.29, 0.717) is 31.1 Å². The second-order valence-electron chi connectivity index (χ2n) is 5.36. The molecule has 2 aromatic rings. The van der Waals surface area contributed by atoms with E-state index in [1.807, 2.05) is 61.6 Å². The van der Waals surface area contributed by atoms with Crippen molar-refractivity contribution in [2.45, 2.75) is 6.42 Å². The van der Waals surface area contributed by atoms with E-state index >= 15 is 0 Å². The first-order chi connectivity index (χ1) is 11.7. The molecule has 5 nitrogen and oxygen atoms in total. The highest BCUT2D eigenvalue weighted by atomic mass is 16.5. The molecule has 2 aromatic carbocycles. The molecular formula is C19H24N2O3. The lowest BCUT2D eigenvalue weighted by Gasteiger charge is -2.19. The molecule has 0 spiro atoms. The maximum absolute atomic E-state index is 11.9. The summed E-state index contributed by atoms with van der Waals surface area (Å²) < 4.78 is 10.8. The zero-order chi connectivity index (χ0) is 17.2. The second kappa shape index (κ2) is 9.45. The number of benzene rings is 2. The zero-order valence-corrected chi connectivity index (χ0v) is 14.2. The monoisotopic (exact) mass is 328 g/mol. The summed E-state index contributed by atoms with van der Waals surface area (Å²) >= 11 is 0. The molecular weight excluding hydrogens is 304 g/mol. The minimum atomic E-state index is -0.0219. The van der Waals surface area contributed by atoms with Gasteiger partial charge < -0.3 is 19.7 Å². The van der Waals surface area contributed by atoms with Crippen LogP contribution in [0.5, 0.6) is 11.5 Å². The van der Waals surface area contributed by atoms with Crippen molar-refractivity contribution in [3.8, 4) is 11.5 Å². The molecule has 0 atom stereocenters. The third kappa shape index (κ3) is 5.50. The van der Waals surface area contributed by atoms with Gasteiger partial charge in [0.15, 0.2) is 11.5 Å². The van der Waals surface area contributed by atoms with Gasteiger partial charge in [0.1, 0.15) is 0 Å². The van der Waals surface area contributed by atoms with Gasteiger partial charge in [-0.2, -0.15) is 0 Å². The van der Waals surface area contributed by atoms with Gasteiger partial charge in [-0.25, -0.2) is 0 Å². The lowest BCUT2D eigenvalue weighted by Crippen LogP contribution is -2.33. The Morgan fingerprint density at radius 2 is 1.71 bits per heavy atom. The van der Waals surface area contributed by atoms with Crippen LogP contribution < -0.4 is 19.7 Å². The Hall–Kier alpha value is -2.69. The first-order valence-corrected chi connectivity index (χ1v) is 7.99. The van der Waals surface area contributed by atoms with Crippen molar-refractivity contribution in [1.29, 1.82) is 0 Å². The van der Waals surface area contributed by atoms with E-state index in [9.17, 15) is 4.79 Å². The van der Waals surface area contributed by atoms with Crippen molar-refractivity contribution in [3.63, 3.8) is 0 Å². The predicted octanol–water partition coefficient (Wildman–Crippen LogP) is 2.72. The lowest BCUT2D eigenvalue weighted by molar-refractivity contribution is -0.121. The standard InChI is InChI=1S/C19H24N2O3/c1-21(16-8-4-3-5-9-16)14-13-20-19(22)12-15-24-18-11-7-6-10-17(18)23-2/h3-11H,12-15H2,1-2H3,(H,20,22). The van der Waals surface area contributed by atoms with E-state index in [1.165, 1.54) is 0 Å². The summed E-state index contributed by atoms with van der Waals surface area (Å²) in [6.07, 6.45) is 0.313. The quantitative estimate of drug-likeness (QED) is 0.769. The van der Waals surface area contributed by atoms with Gasteiger partial charge in [-0.3, -0.25) is 4.79 Å². The van der Waals surface area contributed by atoms with Gasteiger partial charge >= 0.3 is 0 Å². The number of carbonyl (C=O) groups is 1. The van der Waals surface area contributed by atoms with E-state index in [1.54, 1.807) is 7.11 Å². The lowest BCUT2D eigenvalue weighted by atomic mass is 10.3. The van der Waals surface area contributed by atoms with Gasteiger partial charge in [0.25, 0.3) is 0 Å². The van der Waals surface area contributed by atoms with Crippen molar-refractivity contribution < 1.29 is 14.3 Å². The summed E-state index contributed by atoms with van der Waals surface area (Å²) in [5, 5.41) is 2.91. The summed E-state index contributed by atoms with van der Waals surface area (Å²) in [4.78, 5) is 14.0. The number of hydrogen-bond donors (Lipinski definition) is 1. The molecule has 0 heterocycles. The first kappa shape index (κ1) is 17.7. The van der Waals surface area contributed by atoms with Gasteiger partial charge in [-0.15, -0.1) is 0 Å². The van der Waals surface area contributed by atoms with Crippen LogP contribution in [0, 0.1) is 0 Å². The normalized spacial score (nSPS) is 10.1. The Morgan fingerprint density at radius 1 is 1.04 bits per heavy atom. The van der Waals surface area contributed by atoms with Crippen molar-refractivity contribution in [1.82, 2.24) is 5.32 Å². The number of hydrogen-bond acceptors (Lipinski definition) is 4. The molecule has 0 fully saturated rings. The molecule has 0 radical (unpaired) electrons. The van der Waals surface area contributed by atoms with E-state index in [0.717, 1.165) is 12.2 Å². The van der Waals surface area contributed by atoms with Crippen LogP contribution in [0.3, 0.4) is 0 Å². The number of rotatable bonds is 9. The van der Waals surface area contributed by atoms with E-state index in [4.69, 9.17) is 9.47 Å². The fourth-order valence-corrected chi connectivity index (χ4v) is 2.25. The van der Waals surface area contributed by atoms with Crippen LogP contribution in [0.15, 0.2) is 54.6 Å². The van der Waals surface area contributed by atoms with E-state index in [2.05, 4.69) is 10.2 Å². The topological polar surface area (TPSA) is 50.8 Å². The first-order valence-electron chi connectivity index (χ1n) is 7.99. The molecule has 0 bridgehead atoms. The maximum Gasteiger partial charge on any atom is 0.223 e. The number of anilines is 1. The molecule has 0 unspecified atom stereocenters. The summed E-state index contributed by atoms with van der Waals surface area (Å²) in [7, 11) is 3.60. The maximum atomic E-state index is 11.9. The Bertz CT molecular complexity index is 632. The van der Waals surface area contributed by atoms with Crippen molar-refractivity contribution in [2.24, 2.45) is 0 Å². The average molecular weight is 328 g/mol. The molecule has 0 aliphatic heterocycles. The number of amides is 1. The molecule has 5 heteroatoms. The third-order valence-electron chi connectivity index (χ3n) is 3.62. The van der Waals surface area contributed by atoms with Crippen molar-refractivity contribution in [3.05, 3.63) is 54.6 Å². The highest BCUT2D eigenvalue weighted by Crippen LogP contribution is 2.25. The van der Waals surface area contributed by atoms with E-state index in [-0.39, 0.29) is 5.91 Å². The minimum absolute atomic E-state index is 0.0219. The minimum Gasteiger partial charge on any atom is -0.493 e. The molecule has 0 aromatic heterocycles. The Balaban J connectivity index is 1.65. The predicted molar refractivity (Wildman–Crippen MR) is 95.8 cm³/mol. The fourth-order valence-electron chi connectivity index (χ4n) is 2.25. The summed E-state index contributed by atoms with van der Waals surface area (Å²) in [6.45, 7) is 1.67. The van der Waals surface area contributed by atoms with Crippen LogP contribution in [0.2, 0.25) is 0 Å². The van der Waals surface area contributed by atoms with Gasteiger partial charge in [0.2, 0.25) is 5.91 Å². The largest absolute Gasteiger partial charge is 0.493 e. The van der Waals surface area contributed by atoms with E-state index < -0.39 is 0 Å². The summed E-state index contributed by atoms with van der Waals surface area (Å²) in [5.74, 6) is 1.30. The Labute approximate surface area is 143 Å². The number of nitrogens with zero attached hydrogens (tertiary/aromatic N) is 1. The zero-order valence-electron chi connectivity index (χ0n) is 14.2. The van der Waals surface area contributed by atoms with Gasteiger partial charge in [-0.05, 0) is 24.3 Å². The molecule has 128 valence electrons. The number of para-hydroxylation sites is 3. The van der Waals surface area contributed by atoms with Gasteiger partial charge in [-0.1, -0.05) is 30.3 Å². The molecule has 0 saturated carbocycles. The average Bonchev–Trinajstić information content (AvgIpc) is 2.62. The van der Waals surface area contributed by atoms with Crippen LogP contribution in [0.1, 0.15) is 6.42 Å². The summed E-state index contributed by atoms with van der Waals surface area (Å²) in [5.41, 5.74) is 1.13. The fraction of sp³-hybridized carbons (Fsp3) is 0.316. The number of ether oxygens (including phenoxy) is 2. The Kier molecular flexibility index (Phi) is 6.95. The second-order valence-corrected chi connectivity index (χ2v) is 5.36. The van der Waals surface area contributed by atoms with Gasteiger partial charge in [0, 0.05) is 25.8 Å². The number of carbonyl (C=O) groups excluding carboxylic acids is 1. The Morgan fingerprint density at radius 3 is 2.42 bits per heavy atom. The van der Waals surface area contributed by atoms with Gasteiger partial charge in [0.05, 0.1) is 20.1 Å². The SMILES string of the molecule is COc1ccccc1OCCC(=O)NCCN(C)c1ccccc1. The van der Waals surface area contributed by atoms with Crippen LogP contribution in [-0.4, -0.2) is 39.8 Å². The number of methoxy groups -OCH3 is 1. The van der Waals surface area contributed by atoms with Crippen LogP contribution >= 0.6 is 0 Å². The molecule has 24 heavy (non-hydrogen) atoms. The highest BCUT2D eigenvalue weighted by Gasteiger charge is 2.06. The molecule has 0 aliphatic carbocycles. The third-order valence-corrected chi connectivity index (χ3v) is 3.62. The molecule has 2 rings (SSSR count).